The molecule has 0 rings (SSSR count). The van der Waals surface area contributed by atoms with Crippen LogP contribution in [0, 0.1) is 11.8 Å². The molecular weight excluding hydrogens is 184 g/mol. The Labute approximate surface area is 83.9 Å². The van der Waals surface area contributed by atoms with Crippen molar-refractivity contribution in [3.8, 4) is 0 Å². The van der Waals surface area contributed by atoms with E-state index in [4.69, 9.17) is 10.2 Å². The fraction of sp³-hybridized carbons (Fsp3) is 0.800. The van der Waals surface area contributed by atoms with Crippen LogP contribution in [0.15, 0.2) is 0 Å². The summed E-state index contributed by atoms with van der Waals surface area (Å²) in [6.45, 7) is 3.72. The molecule has 0 aromatic heterocycles. The van der Waals surface area contributed by atoms with Gasteiger partial charge in [-0.25, -0.2) is 0 Å². The normalized spacial score (nSPS) is 14.7. The molecule has 2 N–H and O–H groups in total. The van der Waals surface area contributed by atoms with Gasteiger partial charge in [0.1, 0.15) is 0 Å². The summed E-state index contributed by atoms with van der Waals surface area (Å²) < 4.78 is 0. The lowest BCUT2D eigenvalue weighted by molar-refractivity contribution is -0.154. The van der Waals surface area contributed by atoms with Gasteiger partial charge in [-0.1, -0.05) is 26.7 Å². The van der Waals surface area contributed by atoms with Crippen LogP contribution in [0.2, 0.25) is 0 Å². The maximum absolute atomic E-state index is 10.8. The largest absolute Gasteiger partial charge is 0.481 e. The number of carboxylic acids is 2. The zero-order chi connectivity index (χ0) is 11.1. The van der Waals surface area contributed by atoms with Crippen LogP contribution in [0.25, 0.3) is 0 Å². The Morgan fingerprint density at radius 1 is 0.929 bits per heavy atom. The Hall–Kier alpha value is -1.06. The number of aliphatic carboxylic acids is 2. The Kier molecular flexibility index (Phi) is 5.92. The SMILES string of the molecule is CCC[C@H](C(=O)O)[C@@H](CCC)C(=O)O. The van der Waals surface area contributed by atoms with E-state index in [1.54, 1.807) is 0 Å². The average Bonchev–Trinajstić information content (AvgIpc) is 2.10. The van der Waals surface area contributed by atoms with Gasteiger partial charge in [-0.15, -0.1) is 0 Å². The van der Waals surface area contributed by atoms with Crippen molar-refractivity contribution in [1.82, 2.24) is 0 Å². The number of rotatable bonds is 7. The molecule has 0 unspecified atom stereocenters. The van der Waals surface area contributed by atoms with Crippen LogP contribution in [-0.2, 0) is 9.59 Å². The number of carbonyl (C=O) groups is 2. The molecule has 0 radical (unpaired) electrons. The number of hydrogen-bond donors (Lipinski definition) is 2. The maximum atomic E-state index is 10.8. The van der Waals surface area contributed by atoms with Gasteiger partial charge in [0.2, 0.25) is 0 Å². The van der Waals surface area contributed by atoms with E-state index in [0.717, 1.165) is 0 Å². The monoisotopic (exact) mass is 202 g/mol. The van der Waals surface area contributed by atoms with Crippen LogP contribution in [0.5, 0.6) is 0 Å². The van der Waals surface area contributed by atoms with Crippen molar-refractivity contribution in [3.63, 3.8) is 0 Å². The van der Waals surface area contributed by atoms with Gasteiger partial charge in [0.25, 0.3) is 0 Å². The second-order valence-electron chi connectivity index (χ2n) is 3.47. The summed E-state index contributed by atoms with van der Waals surface area (Å²) in [4.78, 5) is 21.7. The van der Waals surface area contributed by atoms with Gasteiger partial charge in [-0.2, -0.15) is 0 Å². The van der Waals surface area contributed by atoms with Crippen molar-refractivity contribution in [2.45, 2.75) is 39.5 Å². The van der Waals surface area contributed by atoms with Crippen LogP contribution in [0.1, 0.15) is 39.5 Å². The summed E-state index contributed by atoms with van der Waals surface area (Å²) in [5, 5.41) is 17.8. The summed E-state index contributed by atoms with van der Waals surface area (Å²) in [6, 6.07) is 0. The molecule has 4 heteroatoms. The Balaban J connectivity index is 4.54. The number of hydrogen-bond acceptors (Lipinski definition) is 2. The average molecular weight is 202 g/mol. The maximum Gasteiger partial charge on any atom is 0.307 e. The molecule has 0 heterocycles. The lowest BCUT2D eigenvalue weighted by atomic mass is 9.85. The van der Waals surface area contributed by atoms with E-state index in [1.165, 1.54) is 0 Å². The molecule has 4 nitrogen and oxygen atoms in total. The molecule has 0 aliphatic heterocycles. The fourth-order valence-corrected chi connectivity index (χ4v) is 1.62. The first kappa shape index (κ1) is 12.9. The minimum atomic E-state index is -0.993. The van der Waals surface area contributed by atoms with E-state index in [-0.39, 0.29) is 0 Å². The van der Waals surface area contributed by atoms with E-state index < -0.39 is 23.8 Å². The van der Waals surface area contributed by atoms with Gasteiger partial charge in [0.15, 0.2) is 0 Å². The van der Waals surface area contributed by atoms with Gasteiger partial charge in [-0.05, 0) is 12.8 Å². The lowest BCUT2D eigenvalue weighted by Gasteiger charge is -2.18. The Morgan fingerprint density at radius 3 is 1.36 bits per heavy atom. The lowest BCUT2D eigenvalue weighted by Crippen LogP contribution is -2.29. The third-order valence-electron chi connectivity index (χ3n) is 2.32. The second kappa shape index (κ2) is 6.40. The van der Waals surface area contributed by atoms with E-state index in [2.05, 4.69) is 0 Å². The highest BCUT2D eigenvalue weighted by molar-refractivity contribution is 5.79. The zero-order valence-electron chi connectivity index (χ0n) is 8.69. The van der Waals surface area contributed by atoms with E-state index in [0.29, 0.717) is 25.7 Å². The minimum absolute atomic E-state index is 0.437. The molecule has 0 aliphatic carbocycles. The van der Waals surface area contributed by atoms with Crippen LogP contribution < -0.4 is 0 Å². The first-order valence-corrected chi connectivity index (χ1v) is 5.00. The molecule has 0 bridgehead atoms. The molecule has 82 valence electrons. The van der Waals surface area contributed by atoms with Crippen molar-refractivity contribution in [3.05, 3.63) is 0 Å². The van der Waals surface area contributed by atoms with Crippen LogP contribution in [0.4, 0.5) is 0 Å². The molecule has 0 saturated heterocycles. The standard InChI is InChI=1S/C10H18O4/c1-3-5-7(9(11)12)8(6-4-2)10(13)14/h7-8H,3-6H2,1-2H3,(H,11,12)(H,13,14)/t7-,8+. The summed E-state index contributed by atoms with van der Waals surface area (Å²) in [5.41, 5.74) is 0. The van der Waals surface area contributed by atoms with E-state index in [1.807, 2.05) is 13.8 Å². The molecule has 0 fully saturated rings. The molecule has 0 spiro atoms. The summed E-state index contributed by atoms with van der Waals surface area (Å²) >= 11 is 0. The molecule has 14 heavy (non-hydrogen) atoms. The highest BCUT2D eigenvalue weighted by atomic mass is 16.4. The van der Waals surface area contributed by atoms with E-state index in [9.17, 15) is 9.59 Å². The van der Waals surface area contributed by atoms with Crippen LogP contribution in [0.3, 0.4) is 0 Å². The van der Waals surface area contributed by atoms with Crippen LogP contribution in [-0.4, -0.2) is 22.2 Å². The van der Waals surface area contributed by atoms with Gasteiger partial charge < -0.3 is 10.2 Å². The molecule has 0 aliphatic rings. The number of carboxylic acid groups (broad SMARTS) is 2. The molecular formula is C10H18O4. The Bertz CT molecular complexity index is 178. The zero-order valence-corrected chi connectivity index (χ0v) is 8.69. The molecule has 2 atom stereocenters. The van der Waals surface area contributed by atoms with Crippen LogP contribution >= 0.6 is 0 Å². The first-order valence-electron chi connectivity index (χ1n) is 5.00. The van der Waals surface area contributed by atoms with Gasteiger partial charge in [0, 0.05) is 0 Å². The van der Waals surface area contributed by atoms with E-state index >= 15 is 0 Å². The molecule has 0 aromatic carbocycles. The Morgan fingerprint density at radius 2 is 1.21 bits per heavy atom. The predicted molar refractivity (Wildman–Crippen MR) is 52.1 cm³/mol. The van der Waals surface area contributed by atoms with Gasteiger partial charge in [-0.3, -0.25) is 9.59 Å². The van der Waals surface area contributed by atoms with Gasteiger partial charge in [0.05, 0.1) is 11.8 Å². The quantitative estimate of drug-likeness (QED) is 0.662. The molecule has 0 amide bonds. The van der Waals surface area contributed by atoms with Gasteiger partial charge >= 0.3 is 11.9 Å². The fourth-order valence-electron chi connectivity index (χ4n) is 1.62. The van der Waals surface area contributed by atoms with Crippen molar-refractivity contribution in [2.24, 2.45) is 11.8 Å². The van der Waals surface area contributed by atoms with Crippen molar-refractivity contribution in [1.29, 1.82) is 0 Å². The highest BCUT2D eigenvalue weighted by Crippen LogP contribution is 2.23. The van der Waals surface area contributed by atoms with Crippen molar-refractivity contribution < 1.29 is 19.8 Å². The third kappa shape index (κ3) is 3.77. The predicted octanol–water partition coefficient (Wildman–Crippen LogP) is 1.99. The summed E-state index contributed by atoms with van der Waals surface area (Å²) in [6.07, 6.45) is 2.27. The minimum Gasteiger partial charge on any atom is -0.481 e. The smallest absolute Gasteiger partial charge is 0.307 e. The molecule has 0 saturated carbocycles. The van der Waals surface area contributed by atoms with Crippen molar-refractivity contribution in [2.75, 3.05) is 0 Å². The second-order valence-corrected chi connectivity index (χ2v) is 3.47. The topological polar surface area (TPSA) is 74.6 Å². The third-order valence-corrected chi connectivity index (χ3v) is 2.32. The summed E-state index contributed by atoms with van der Waals surface area (Å²) in [5.74, 6) is -3.46. The summed E-state index contributed by atoms with van der Waals surface area (Å²) in [7, 11) is 0. The highest BCUT2D eigenvalue weighted by Gasteiger charge is 2.31. The molecule has 0 aromatic rings. The first-order chi connectivity index (χ1) is 6.54. The van der Waals surface area contributed by atoms with Crippen molar-refractivity contribution >= 4 is 11.9 Å².